The van der Waals surface area contributed by atoms with E-state index in [0.29, 0.717) is 0 Å². The molecule has 1 rings (SSSR count). The molecule has 0 saturated carbocycles. The van der Waals surface area contributed by atoms with Crippen molar-refractivity contribution < 1.29 is 38.1 Å². The minimum Gasteiger partial charge on any atom is -0.466 e. The molecular formula is C15H24O8. The van der Waals surface area contributed by atoms with Crippen LogP contribution < -0.4 is 0 Å². The fraction of sp³-hybridized carbons (Fsp3) is 0.800. The van der Waals surface area contributed by atoms with Crippen LogP contribution in [0.2, 0.25) is 0 Å². The van der Waals surface area contributed by atoms with Gasteiger partial charge < -0.3 is 23.7 Å². The van der Waals surface area contributed by atoms with Gasteiger partial charge in [-0.1, -0.05) is 0 Å². The lowest BCUT2D eigenvalue weighted by Gasteiger charge is -2.28. The van der Waals surface area contributed by atoms with E-state index in [1.165, 1.54) is 13.8 Å². The van der Waals surface area contributed by atoms with Gasteiger partial charge in [-0.3, -0.25) is 4.79 Å². The highest BCUT2D eigenvalue weighted by atomic mass is 16.8. The molecule has 0 aromatic rings. The van der Waals surface area contributed by atoms with Crippen molar-refractivity contribution in [2.75, 3.05) is 19.8 Å². The summed E-state index contributed by atoms with van der Waals surface area (Å²) < 4.78 is 26.0. The summed E-state index contributed by atoms with van der Waals surface area (Å²) in [4.78, 5) is 36.6. The van der Waals surface area contributed by atoms with Gasteiger partial charge in [-0.2, -0.15) is 0 Å². The second kappa shape index (κ2) is 7.74. The Balaban J connectivity index is 3.23. The Morgan fingerprint density at radius 1 is 0.957 bits per heavy atom. The van der Waals surface area contributed by atoms with Gasteiger partial charge in [0.2, 0.25) is 5.60 Å². The molecule has 0 aromatic carbocycles. The summed E-state index contributed by atoms with van der Waals surface area (Å²) in [7, 11) is 0. The number of esters is 3. The van der Waals surface area contributed by atoms with Crippen LogP contribution in [-0.4, -0.2) is 55.2 Å². The average molecular weight is 332 g/mol. The molecule has 2 unspecified atom stereocenters. The van der Waals surface area contributed by atoms with Gasteiger partial charge in [0.1, 0.15) is 0 Å². The van der Waals surface area contributed by atoms with Crippen molar-refractivity contribution in [3.8, 4) is 0 Å². The lowest BCUT2D eigenvalue weighted by Crippen LogP contribution is -2.54. The molecule has 1 saturated heterocycles. The van der Waals surface area contributed by atoms with Gasteiger partial charge in [0.25, 0.3) is 0 Å². The average Bonchev–Trinajstić information content (AvgIpc) is 2.72. The summed E-state index contributed by atoms with van der Waals surface area (Å²) in [5, 5.41) is 0. The normalized spacial score (nSPS) is 25.7. The Kier molecular flexibility index (Phi) is 6.52. The van der Waals surface area contributed by atoms with E-state index in [1.807, 2.05) is 0 Å². The number of rotatable bonds is 7. The second-order valence-corrected chi connectivity index (χ2v) is 5.34. The summed E-state index contributed by atoms with van der Waals surface area (Å²) in [5.41, 5.74) is -1.93. The number of hydrogen-bond donors (Lipinski definition) is 0. The van der Waals surface area contributed by atoms with Crippen LogP contribution in [0.4, 0.5) is 0 Å². The monoisotopic (exact) mass is 332 g/mol. The van der Waals surface area contributed by atoms with Crippen LogP contribution in [-0.2, 0) is 38.1 Å². The zero-order valence-electron chi connectivity index (χ0n) is 14.2. The Bertz CT molecular complexity index is 458. The number of carbonyl (C=O) groups is 3. The molecule has 8 nitrogen and oxygen atoms in total. The molecular weight excluding hydrogens is 308 g/mol. The fourth-order valence-corrected chi connectivity index (χ4v) is 2.38. The number of carbonyl (C=O) groups excluding carboxylic acids is 3. The predicted molar refractivity (Wildman–Crippen MR) is 77.3 cm³/mol. The molecule has 8 heteroatoms. The lowest BCUT2D eigenvalue weighted by atomic mass is 9.92. The van der Waals surface area contributed by atoms with E-state index in [1.54, 1.807) is 20.8 Å². The maximum atomic E-state index is 12.5. The largest absolute Gasteiger partial charge is 0.466 e. The van der Waals surface area contributed by atoms with Gasteiger partial charge in [0, 0.05) is 0 Å². The van der Waals surface area contributed by atoms with E-state index in [4.69, 9.17) is 23.7 Å². The Morgan fingerprint density at radius 2 is 1.52 bits per heavy atom. The number of hydrogen-bond acceptors (Lipinski definition) is 8. The van der Waals surface area contributed by atoms with Crippen molar-refractivity contribution in [2.45, 2.75) is 58.5 Å². The third-order valence-corrected chi connectivity index (χ3v) is 3.09. The van der Waals surface area contributed by atoms with E-state index in [9.17, 15) is 14.4 Å². The SMILES string of the molecule is CCOC(=O)CC1(C(=O)OCC)OC(C)(C)OC1C(=O)OCC. The molecule has 0 aromatic heterocycles. The molecule has 0 spiro atoms. The van der Waals surface area contributed by atoms with Crippen molar-refractivity contribution >= 4 is 17.9 Å². The van der Waals surface area contributed by atoms with Crippen LogP contribution in [0.1, 0.15) is 41.0 Å². The van der Waals surface area contributed by atoms with Crippen molar-refractivity contribution in [1.29, 1.82) is 0 Å². The van der Waals surface area contributed by atoms with Crippen molar-refractivity contribution in [1.82, 2.24) is 0 Å². The molecule has 0 bridgehead atoms. The summed E-state index contributed by atoms with van der Waals surface area (Å²) in [6.45, 7) is 8.21. The third-order valence-electron chi connectivity index (χ3n) is 3.09. The molecule has 1 fully saturated rings. The van der Waals surface area contributed by atoms with Crippen molar-refractivity contribution in [2.24, 2.45) is 0 Å². The molecule has 1 heterocycles. The van der Waals surface area contributed by atoms with E-state index >= 15 is 0 Å². The summed E-state index contributed by atoms with van der Waals surface area (Å²) in [5.74, 6) is -3.63. The third kappa shape index (κ3) is 4.42. The first-order chi connectivity index (χ1) is 10.7. The minimum atomic E-state index is -1.93. The van der Waals surface area contributed by atoms with Gasteiger partial charge in [0.15, 0.2) is 11.9 Å². The summed E-state index contributed by atoms with van der Waals surface area (Å²) >= 11 is 0. The molecule has 2 atom stereocenters. The van der Waals surface area contributed by atoms with Crippen LogP contribution in [0.5, 0.6) is 0 Å². The summed E-state index contributed by atoms with van der Waals surface area (Å²) in [6.07, 6.45) is -1.92. The molecule has 1 aliphatic rings. The topological polar surface area (TPSA) is 97.4 Å². The van der Waals surface area contributed by atoms with Crippen molar-refractivity contribution in [3.05, 3.63) is 0 Å². The van der Waals surface area contributed by atoms with Crippen molar-refractivity contribution in [3.63, 3.8) is 0 Å². The molecule has 0 radical (unpaired) electrons. The van der Waals surface area contributed by atoms with Crippen LogP contribution in [0.3, 0.4) is 0 Å². The first kappa shape index (κ1) is 19.4. The quantitative estimate of drug-likeness (QED) is 0.502. The highest BCUT2D eigenvalue weighted by molar-refractivity contribution is 5.93. The maximum absolute atomic E-state index is 12.5. The van der Waals surface area contributed by atoms with Gasteiger partial charge in [0.05, 0.1) is 26.2 Å². The highest BCUT2D eigenvalue weighted by Crippen LogP contribution is 2.40. The van der Waals surface area contributed by atoms with E-state index in [-0.39, 0.29) is 19.8 Å². The van der Waals surface area contributed by atoms with Crippen LogP contribution in [0.25, 0.3) is 0 Å². The first-order valence-corrected chi connectivity index (χ1v) is 7.59. The predicted octanol–water partition coefficient (Wildman–Crippen LogP) is 0.956. The van der Waals surface area contributed by atoms with E-state index < -0.39 is 41.8 Å². The van der Waals surface area contributed by atoms with E-state index in [0.717, 1.165) is 0 Å². The molecule has 0 N–H and O–H groups in total. The Morgan fingerprint density at radius 3 is 2.04 bits per heavy atom. The van der Waals surface area contributed by atoms with Gasteiger partial charge >= 0.3 is 17.9 Å². The van der Waals surface area contributed by atoms with Crippen LogP contribution in [0.15, 0.2) is 0 Å². The lowest BCUT2D eigenvalue weighted by molar-refractivity contribution is -0.194. The first-order valence-electron chi connectivity index (χ1n) is 7.59. The fourth-order valence-electron chi connectivity index (χ4n) is 2.38. The molecule has 132 valence electrons. The minimum absolute atomic E-state index is 0.0583. The highest BCUT2D eigenvalue weighted by Gasteiger charge is 2.64. The molecule has 0 aliphatic carbocycles. The van der Waals surface area contributed by atoms with E-state index in [2.05, 4.69) is 0 Å². The van der Waals surface area contributed by atoms with Gasteiger partial charge in [-0.25, -0.2) is 9.59 Å². The molecule has 1 aliphatic heterocycles. The van der Waals surface area contributed by atoms with Gasteiger partial charge in [-0.05, 0) is 34.6 Å². The molecule has 0 amide bonds. The standard InChI is InChI=1S/C15H24O8/c1-6-19-10(16)9-15(13(18)21-8-3)11(12(17)20-7-2)22-14(4,5)23-15/h11H,6-9H2,1-5H3. The summed E-state index contributed by atoms with van der Waals surface area (Å²) in [6, 6.07) is 0. The maximum Gasteiger partial charge on any atom is 0.342 e. The second-order valence-electron chi connectivity index (χ2n) is 5.34. The zero-order valence-corrected chi connectivity index (χ0v) is 14.2. The Labute approximate surface area is 135 Å². The van der Waals surface area contributed by atoms with Gasteiger partial charge in [-0.15, -0.1) is 0 Å². The Hall–Kier alpha value is -1.67. The van der Waals surface area contributed by atoms with Crippen LogP contribution >= 0.6 is 0 Å². The molecule has 23 heavy (non-hydrogen) atoms. The smallest absolute Gasteiger partial charge is 0.342 e. The number of ether oxygens (including phenoxy) is 5. The zero-order chi connectivity index (χ0) is 17.7. The van der Waals surface area contributed by atoms with Crippen LogP contribution in [0, 0.1) is 0 Å².